The van der Waals surface area contributed by atoms with Crippen molar-refractivity contribution in [3.63, 3.8) is 0 Å². The van der Waals surface area contributed by atoms with Gasteiger partial charge in [0.1, 0.15) is 23.0 Å². The summed E-state index contributed by atoms with van der Waals surface area (Å²) in [4.78, 5) is 40.6. The molecule has 3 N–H and O–H groups in total. The van der Waals surface area contributed by atoms with Crippen LogP contribution in [0.5, 0.6) is 0 Å². The van der Waals surface area contributed by atoms with E-state index in [2.05, 4.69) is 10.3 Å². The molecule has 3 heterocycles. The predicted octanol–water partition coefficient (Wildman–Crippen LogP) is 5.00. The number of carbonyl (C=O) groups excluding carboxylic acids is 1. The summed E-state index contributed by atoms with van der Waals surface area (Å²) < 4.78 is 11.6. The summed E-state index contributed by atoms with van der Waals surface area (Å²) in [7, 11) is 0. The SMILES string of the molecule is Cc1oc2c(C)c3oc(=O)c(CCC(=O)N[C@@H](Cc4c[nH]c5ccccc45)C(=O)O)c(C)c3cc2c1C. The van der Waals surface area contributed by atoms with Gasteiger partial charge in [-0.25, -0.2) is 9.59 Å². The fraction of sp³-hybridized carbons (Fsp3) is 0.276. The molecule has 0 spiro atoms. The molecule has 8 nitrogen and oxygen atoms in total. The van der Waals surface area contributed by atoms with Crippen LogP contribution in [0.25, 0.3) is 32.8 Å². The second-order valence-electron chi connectivity index (χ2n) is 9.55. The number of rotatable bonds is 7. The summed E-state index contributed by atoms with van der Waals surface area (Å²) in [6, 6.07) is 8.47. The van der Waals surface area contributed by atoms with E-state index in [1.807, 2.05) is 58.0 Å². The molecule has 0 aliphatic rings. The van der Waals surface area contributed by atoms with Gasteiger partial charge in [-0.05, 0) is 62.9 Å². The average molecular weight is 501 g/mol. The average Bonchev–Trinajstić information content (AvgIpc) is 3.40. The first-order valence-corrected chi connectivity index (χ1v) is 12.2. The van der Waals surface area contributed by atoms with Crippen molar-refractivity contribution in [3.8, 4) is 0 Å². The van der Waals surface area contributed by atoms with Crippen molar-refractivity contribution in [2.75, 3.05) is 0 Å². The number of aryl methyl sites for hydroxylation is 4. The maximum Gasteiger partial charge on any atom is 0.339 e. The van der Waals surface area contributed by atoms with Crippen LogP contribution in [-0.2, 0) is 22.4 Å². The van der Waals surface area contributed by atoms with E-state index in [1.54, 1.807) is 6.20 Å². The Bertz CT molecular complexity index is 1750. The zero-order valence-corrected chi connectivity index (χ0v) is 21.2. The minimum atomic E-state index is -1.12. The summed E-state index contributed by atoms with van der Waals surface area (Å²) in [5.74, 6) is -0.754. The van der Waals surface area contributed by atoms with Gasteiger partial charge in [-0.3, -0.25) is 4.79 Å². The molecular formula is C29H28N2O6. The second-order valence-corrected chi connectivity index (χ2v) is 9.55. The van der Waals surface area contributed by atoms with Gasteiger partial charge in [-0.2, -0.15) is 0 Å². The number of furan rings is 1. The number of nitrogens with one attached hydrogen (secondary N) is 2. The van der Waals surface area contributed by atoms with Gasteiger partial charge in [0.15, 0.2) is 0 Å². The van der Waals surface area contributed by atoms with E-state index in [9.17, 15) is 19.5 Å². The molecule has 0 saturated carbocycles. The number of carboxylic acids is 1. The molecule has 0 unspecified atom stereocenters. The van der Waals surface area contributed by atoms with Crippen molar-refractivity contribution in [3.05, 3.63) is 80.5 Å². The number of carbonyl (C=O) groups is 2. The first-order chi connectivity index (χ1) is 17.7. The lowest BCUT2D eigenvalue weighted by Crippen LogP contribution is -2.42. The molecule has 0 aliphatic heterocycles. The molecule has 0 aliphatic carbocycles. The minimum absolute atomic E-state index is 0.0418. The molecule has 0 fully saturated rings. The Hall–Kier alpha value is -4.33. The molecule has 5 rings (SSSR count). The van der Waals surface area contributed by atoms with Crippen LogP contribution in [0.2, 0.25) is 0 Å². The zero-order valence-electron chi connectivity index (χ0n) is 21.2. The van der Waals surface area contributed by atoms with E-state index < -0.39 is 23.5 Å². The number of amides is 1. The van der Waals surface area contributed by atoms with Crippen LogP contribution in [0.4, 0.5) is 0 Å². The Morgan fingerprint density at radius 1 is 0.973 bits per heavy atom. The minimum Gasteiger partial charge on any atom is -0.480 e. The molecular weight excluding hydrogens is 472 g/mol. The highest BCUT2D eigenvalue weighted by atomic mass is 16.4. The number of fused-ring (bicyclic) bond motifs is 3. The van der Waals surface area contributed by atoms with Crippen molar-refractivity contribution < 1.29 is 23.5 Å². The van der Waals surface area contributed by atoms with Gasteiger partial charge < -0.3 is 24.2 Å². The number of aromatic amines is 1. The molecule has 5 aromatic rings. The summed E-state index contributed by atoms with van der Waals surface area (Å²) in [5.41, 5.74) is 5.32. The number of hydrogen-bond donors (Lipinski definition) is 3. The van der Waals surface area contributed by atoms with Gasteiger partial charge in [0.05, 0.1) is 0 Å². The van der Waals surface area contributed by atoms with E-state index >= 15 is 0 Å². The van der Waals surface area contributed by atoms with Gasteiger partial charge in [0, 0.05) is 51.8 Å². The largest absolute Gasteiger partial charge is 0.480 e. The van der Waals surface area contributed by atoms with Crippen LogP contribution in [0.15, 0.2) is 50.2 Å². The number of benzene rings is 2. The maximum absolute atomic E-state index is 12.9. The van der Waals surface area contributed by atoms with Crippen molar-refractivity contribution in [2.24, 2.45) is 0 Å². The van der Waals surface area contributed by atoms with E-state index in [-0.39, 0.29) is 19.3 Å². The third kappa shape index (κ3) is 4.28. The lowest BCUT2D eigenvalue weighted by atomic mass is 9.98. The standard InChI is InChI=1S/C29H28N2O6/c1-14-17(4)36-26-16(3)27-22(12-21(14)26)15(2)19(29(35)37-27)9-10-25(32)31-24(28(33)34)11-18-13-30-23-8-6-5-7-20(18)23/h5-8,12-13,24,30H,9-11H2,1-4H3,(H,31,32)(H,33,34)/t24-/m0/s1. The van der Waals surface area contributed by atoms with E-state index in [1.165, 1.54) is 0 Å². The van der Waals surface area contributed by atoms with Gasteiger partial charge in [0.2, 0.25) is 5.91 Å². The van der Waals surface area contributed by atoms with E-state index in [0.29, 0.717) is 16.7 Å². The van der Waals surface area contributed by atoms with Gasteiger partial charge >= 0.3 is 11.6 Å². The number of para-hydroxylation sites is 1. The quantitative estimate of drug-likeness (QED) is 0.270. The molecule has 0 saturated heterocycles. The lowest BCUT2D eigenvalue weighted by Gasteiger charge is -2.15. The second kappa shape index (κ2) is 9.28. The molecule has 190 valence electrons. The third-order valence-corrected chi connectivity index (χ3v) is 7.28. The highest BCUT2D eigenvalue weighted by molar-refractivity contribution is 6.00. The highest BCUT2D eigenvalue weighted by Crippen LogP contribution is 2.34. The molecule has 8 heteroatoms. The fourth-order valence-electron chi connectivity index (χ4n) is 5.01. The molecule has 2 aromatic carbocycles. The van der Waals surface area contributed by atoms with Gasteiger partial charge in [-0.15, -0.1) is 0 Å². The van der Waals surface area contributed by atoms with Gasteiger partial charge in [-0.1, -0.05) is 18.2 Å². The topological polar surface area (TPSA) is 126 Å². The number of H-pyrrole nitrogens is 1. The highest BCUT2D eigenvalue weighted by Gasteiger charge is 2.23. The Kier molecular flexibility index (Phi) is 6.11. The van der Waals surface area contributed by atoms with Crippen LogP contribution < -0.4 is 10.9 Å². The van der Waals surface area contributed by atoms with Crippen molar-refractivity contribution >= 4 is 44.7 Å². The summed E-state index contributed by atoms with van der Waals surface area (Å²) in [5, 5.41) is 15.0. The van der Waals surface area contributed by atoms with Gasteiger partial charge in [0.25, 0.3) is 0 Å². The monoisotopic (exact) mass is 500 g/mol. The molecule has 3 aromatic heterocycles. The van der Waals surface area contributed by atoms with Crippen LogP contribution in [-0.4, -0.2) is 28.0 Å². The van der Waals surface area contributed by atoms with Crippen LogP contribution >= 0.6 is 0 Å². The fourth-order valence-corrected chi connectivity index (χ4v) is 5.01. The summed E-state index contributed by atoms with van der Waals surface area (Å²) in [6.45, 7) is 7.59. The maximum atomic E-state index is 12.9. The zero-order chi connectivity index (χ0) is 26.4. The van der Waals surface area contributed by atoms with Crippen molar-refractivity contribution in [2.45, 2.75) is 53.0 Å². The molecule has 0 bridgehead atoms. The third-order valence-electron chi connectivity index (χ3n) is 7.28. The van der Waals surface area contributed by atoms with E-state index in [0.717, 1.165) is 49.7 Å². The molecule has 0 radical (unpaired) electrons. The summed E-state index contributed by atoms with van der Waals surface area (Å²) >= 11 is 0. The van der Waals surface area contributed by atoms with Crippen molar-refractivity contribution in [1.82, 2.24) is 10.3 Å². The Balaban J connectivity index is 1.37. The normalized spacial score (nSPS) is 12.4. The molecule has 37 heavy (non-hydrogen) atoms. The number of aliphatic carboxylic acids is 1. The number of hydrogen-bond acceptors (Lipinski definition) is 5. The Morgan fingerprint density at radius 3 is 2.43 bits per heavy atom. The van der Waals surface area contributed by atoms with Crippen LogP contribution in [0.1, 0.15) is 40.0 Å². The lowest BCUT2D eigenvalue weighted by molar-refractivity contribution is -0.141. The predicted molar refractivity (Wildman–Crippen MR) is 141 cm³/mol. The molecule has 1 atom stereocenters. The Labute approximate surface area is 212 Å². The number of carboxylic acid groups (broad SMARTS) is 1. The first-order valence-electron chi connectivity index (χ1n) is 12.2. The van der Waals surface area contributed by atoms with Crippen LogP contribution in [0, 0.1) is 27.7 Å². The van der Waals surface area contributed by atoms with E-state index in [4.69, 9.17) is 8.83 Å². The summed E-state index contributed by atoms with van der Waals surface area (Å²) in [6.07, 6.45) is 2.00. The van der Waals surface area contributed by atoms with Crippen molar-refractivity contribution in [1.29, 1.82) is 0 Å². The smallest absolute Gasteiger partial charge is 0.339 e. The molecule has 1 amide bonds. The first kappa shape index (κ1) is 24.4. The number of aromatic nitrogens is 1. The Morgan fingerprint density at radius 2 is 1.68 bits per heavy atom. The van der Waals surface area contributed by atoms with Crippen LogP contribution in [0.3, 0.4) is 0 Å².